The quantitative estimate of drug-likeness (QED) is 0.703. The Balaban J connectivity index is 2.42. The van der Waals surface area contributed by atoms with Gasteiger partial charge in [-0.3, -0.25) is 4.79 Å². The maximum Gasteiger partial charge on any atom is 0.335 e. The summed E-state index contributed by atoms with van der Waals surface area (Å²) in [6.45, 7) is 0.344. The van der Waals surface area contributed by atoms with Crippen LogP contribution in [0.5, 0.6) is 0 Å². The molecule has 0 saturated heterocycles. The Bertz CT molecular complexity index is 531. The first kappa shape index (κ1) is 16.5. The molecule has 0 radical (unpaired) electrons. The number of aromatic carboxylic acids is 1. The zero-order chi connectivity index (χ0) is 15.8. The molecule has 3 amide bonds. The Morgan fingerprint density at radius 1 is 1.29 bits per heavy atom. The van der Waals surface area contributed by atoms with E-state index in [9.17, 15) is 14.4 Å². The largest absolute Gasteiger partial charge is 0.478 e. The first-order valence-electron chi connectivity index (χ1n) is 6.46. The molecule has 0 atom stereocenters. The van der Waals surface area contributed by atoms with Crippen molar-refractivity contribution < 1.29 is 19.5 Å². The van der Waals surface area contributed by atoms with Gasteiger partial charge in [-0.1, -0.05) is 12.1 Å². The molecular formula is C14H19N3O4. The summed E-state index contributed by atoms with van der Waals surface area (Å²) in [7, 11) is 3.03. The lowest BCUT2D eigenvalue weighted by Gasteiger charge is -2.16. The molecule has 1 rings (SSSR count). The van der Waals surface area contributed by atoms with Crippen LogP contribution < -0.4 is 10.6 Å². The van der Waals surface area contributed by atoms with Crippen LogP contribution >= 0.6 is 0 Å². The van der Waals surface area contributed by atoms with Crippen molar-refractivity contribution in [3.05, 3.63) is 35.4 Å². The van der Waals surface area contributed by atoms with Gasteiger partial charge in [0.15, 0.2) is 0 Å². The van der Waals surface area contributed by atoms with Crippen LogP contribution in [0.15, 0.2) is 24.3 Å². The maximum atomic E-state index is 11.7. The van der Waals surface area contributed by atoms with Gasteiger partial charge in [-0.15, -0.1) is 0 Å². The minimum absolute atomic E-state index is 0.0170. The second-order valence-electron chi connectivity index (χ2n) is 4.52. The summed E-state index contributed by atoms with van der Waals surface area (Å²) in [4.78, 5) is 34.9. The van der Waals surface area contributed by atoms with E-state index in [-0.39, 0.29) is 24.0 Å². The van der Waals surface area contributed by atoms with E-state index in [1.807, 2.05) is 0 Å². The smallest absolute Gasteiger partial charge is 0.335 e. The lowest BCUT2D eigenvalue weighted by atomic mass is 10.1. The van der Waals surface area contributed by atoms with Crippen LogP contribution in [0.1, 0.15) is 15.9 Å². The first-order valence-corrected chi connectivity index (χ1v) is 6.46. The summed E-state index contributed by atoms with van der Waals surface area (Å²) in [6.07, 6.45) is 0.515. The fraction of sp³-hybridized carbons (Fsp3) is 0.357. The van der Waals surface area contributed by atoms with Crippen LogP contribution in [0.2, 0.25) is 0 Å². The molecule has 114 valence electrons. The third-order valence-electron chi connectivity index (χ3n) is 2.87. The lowest BCUT2D eigenvalue weighted by Crippen LogP contribution is -2.43. The Kier molecular flexibility index (Phi) is 6.19. The van der Waals surface area contributed by atoms with Crippen molar-refractivity contribution in [3.8, 4) is 0 Å². The number of rotatable bonds is 6. The summed E-state index contributed by atoms with van der Waals surface area (Å²) >= 11 is 0. The van der Waals surface area contributed by atoms with Crippen molar-refractivity contribution >= 4 is 17.9 Å². The van der Waals surface area contributed by atoms with E-state index in [1.165, 1.54) is 25.1 Å². The summed E-state index contributed by atoms with van der Waals surface area (Å²) in [5, 5.41) is 14.0. The van der Waals surface area contributed by atoms with Gasteiger partial charge >= 0.3 is 12.0 Å². The molecule has 1 aromatic carbocycles. The van der Waals surface area contributed by atoms with E-state index in [0.29, 0.717) is 13.0 Å². The summed E-state index contributed by atoms with van der Waals surface area (Å²) in [5.74, 6) is -1.23. The third kappa shape index (κ3) is 5.52. The number of carbonyl (C=O) groups is 3. The van der Waals surface area contributed by atoms with Crippen LogP contribution in [0.4, 0.5) is 4.79 Å². The van der Waals surface area contributed by atoms with Crippen molar-refractivity contribution in [1.29, 1.82) is 0 Å². The minimum Gasteiger partial charge on any atom is -0.478 e. The SMILES string of the molecule is CNC(=O)CN(C)C(=O)NCCc1cccc(C(=O)O)c1. The summed E-state index contributed by atoms with van der Waals surface area (Å²) in [5.41, 5.74) is 1.04. The molecule has 0 aliphatic carbocycles. The van der Waals surface area contributed by atoms with Gasteiger partial charge in [0.25, 0.3) is 0 Å². The average molecular weight is 293 g/mol. The molecule has 0 aromatic heterocycles. The molecule has 1 aromatic rings. The second kappa shape index (κ2) is 7.88. The Morgan fingerprint density at radius 2 is 2.00 bits per heavy atom. The second-order valence-corrected chi connectivity index (χ2v) is 4.52. The highest BCUT2D eigenvalue weighted by molar-refractivity contribution is 5.87. The molecule has 7 heteroatoms. The standard InChI is InChI=1S/C14H19N3O4/c1-15-12(18)9-17(2)14(21)16-7-6-10-4-3-5-11(8-10)13(19)20/h3-5,8H,6-7,9H2,1-2H3,(H,15,18)(H,16,21)(H,19,20). The van der Waals surface area contributed by atoms with Crippen molar-refractivity contribution in [1.82, 2.24) is 15.5 Å². The van der Waals surface area contributed by atoms with Gasteiger partial charge in [-0.25, -0.2) is 9.59 Å². The zero-order valence-corrected chi connectivity index (χ0v) is 12.0. The van der Waals surface area contributed by atoms with Crippen LogP contribution in [-0.2, 0) is 11.2 Å². The monoisotopic (exact) mass is 293 g/mol. The van der Waals surface area contributed by atoms with E-state index in [4.69, 9.17) is 5.11 Å². The van der Waals surface area contributed by atoms with E-state index in [2.05, 4.69) is 10.6 Å². The van der Waals surface area contributed by atoms with Crippen molar-refractivity contribution in [3.63, 3.8) is 0 Å². The molecule has 0 unspecified atom stereocenters. The summed E-state index contributed by atoms with van der Waals surface area (Å²) < 4.78 is 0. The normalized spacial score (nSPS) is 9.81. The highest BCUT2D eigenvalue weighted by Gasteiger charge is 2.11. The first-order chi connectivity index (χ1) is 9.93. The predicted octanol–water partition coefficient (Wildman–Crippen LogP) is 0.315. The maximum absolute atomic E-state index is 11.7. The Labute approximate surface area is 122 Å². The zero-order valence-electron chi connectivity index (χ0n) is 12.0. The van der Waals surface area contributed by atoms with Crippen LogP contribution in [0, 0.1) is 0 Å². The molecule has 0 saturated carbocycles. The highest BCUT2D eigenvalue weighted by atomic mass is 16.4. The van der Waals surface area contributed by atoms with Gasteiger partial charge in [0.05, 0.1) is 5.56 Å². The fourth-order valence-corrected chi connectivity index (χ4v) is 1.67. The van der Waals surface area contributed by atoms with Gasteiger partial charge in [-0.2, -0.15) is 0 Å². The molecule has 7 nitrogen and oxygen atoms in total. The number of nitrogens with one attached hydrogen (secondary N) is 2. The number of urea groups is 1. The van der Waals surface area contributed by atoms with Crippen molar-refractivity contribution in [2.75, 3.05) is 27.2 Å². The van der Waals surface area contributed by atoms with Gasteiger partial charge in [-0.05, 0) is 24.1 Å². The molecule has 0 spiro atoms. The number of amides is 3. The number of likely N-dealkylation sites (N-methyl/N-ethyl adjacent to an activating group) is 2. The topological polar surface area (TPSA) is 98.7 Å². The number of benzene rings is 1. The van der Waals surface area contributed by atoms with Gasteiger partial charge in [0.1, 0.15) is 6.54 Å². The van der Waals surface area contributed by atoms with Gasteiger partial charge in [0.2, 0.25) is 5.91 Å². The van der Waals surface area contributed by atoms with Gasteiger partial charge < -0.3 is 20.6 Å². The molecule has 0 heterocycles. The van der Waals surface area contributed by atoms with Crippen LogP contribution in [0.25, 0.3) is 0 Å². The third-order valence-corrected chi connectivity index (χ3v) is 2.87. The number of hydrogen-bond donors (Lipinski definition) is 3. The number of nitrogens with zero attached hydrogens (tertiary/aromatic N) is 1. The number of carbonyl (C=O) groups excluding carboxylic acids is 2. The van der Waals surface area contributed by atoms with E-state index in [0.717, 1.165) is 5.56 Å². The average Bonchev–Trinajstić information content (AvgIpc) is 2.47. The van der Waals surface area contributed by atoms with Crippen molar-refractivity contribution in [2.45, 2.75) is 6.42 Å². The fourth-order valence-electron chi connectivity index (χ4n) is 1.67. The Hall–Kier alpha value is -2.57. The van der Waals surface area contributed by atoms with Crippen molar-refractivity contribution in [2.24, 2.45) is 0 Å². The minimum atomic E-state index is -0.980. The van der Waals surface area contributed by atoms with E-state index in [1.54, 1.807) is 18.2 Å². The highest BCUT2D eigenvalue weighted by Crippen LogP contribution is 2.05. The number of carboxylic acids is 1. The molecule has 21 heavy (non-hydrogen) atoms. The van der Waals surface area contributed by atoms with Crippen LogP contribution in [0.3, 0.4) is 0 Å². The number of carboxylic acid groups (broad SMARTS) is 1. The van der Waals surface area contributed by atoms with E-state index >= 15 is 0 Å². The molecular weight excluding hydrogens is 274 g/mol. The molecule has 0 bridgehead atoms. The van der Waals surface area contributed by atoms with E-state index < -0.39 is 5.97 Å². The van der Waals surface area contributed by atoms with Gasteiger partial charge in [0, 0.05) is 20.6 Å². The lowest BCUT2D eigenvalue weighted by molar-refractivity contribution is -0.120. The molecule has 0 aliphatic heterocycles. The molecule has 0 aliphatic rings. The molecule has 3 N–H and O–H groups in total. The van der Waals surface area contributed by atoms with Crippen LogP contribution in [-0.4, -0.2) is 55.1 Å². The number of hydrogen-bond acceptors (Lipinski definition) is 3. The molecule has 0 fully saturated rings. The summed E-state index contributed by atoms with van der Waals surface area (Å²) in [6, 6.07) is 6.20. The Morgan fingerprint density at radius 3 is 2.62 bits per heavy atom. The predicted molar refractivity (Wildman–Crippen MR) is 77.2 cm³/mol.